The van der Waals surface area contributed by atoms with Crippen molar-refractivity contribution in [2.75, 3.05) is 46.0 Å². The van der Waals surface area contributed by atoms with Crippen molar-refractivity contribution in [1.29, 1.82) is 0 Å². The van der Waals surface area contributed by atoms with Crippen molar-refractivity contribution in [2.45, 2.75) is 37.8 Å². The van der Waals surface area contributed by atoms with E-state index >= 15 is 0 Å². The standard InChI is InChI=1S/C19H30N2O2/c22-13-7-19-16-21(18-8-14-23-15-9-18)12-11-20(19)10-6-17-4-2-1-3-5-17/h1-5,18-19,22H,6-16H2. The quantitative estimate of drug-likeness (QED) is 0.867. The van der Waals surface area contributed by atoms with Gasteiger partial charge in [-0.3, -0.25) is 9.80 Å². The first kappa shape index (κ1) is 16.9. The Bertz CT molecular complexity index is 448. The van der Waals surface area contributed by atoms with Crippen molar-refractivity contribution in [2.24, 2.45) is 0 Å². The average molecular weight is 318 g/mol. The monoisotopic (exact) mass is 318 g/mol. The van der Waals surface area contributed by atoms with Gasteiger partial charge in [0.25, 0.3) is 0 Å². The van der Waals surface area contributed by atoms with Crippen LogP contribution in [0.2, 0.25) is 0 Å². The van der Waals surface area contributed by atoms with Crippen LogP contribution in [0.4, 0.5) is 0 Å². The van der Waals surface area contributed by atoms with Gasteiger partial charge in [0.2, 0.25) is 0 Å². The number of rotatable bonds is 6. The van der Waals surface area contributed by atoms with Gasteiger partial charge in [0.15, 0.2) is 0 Å². The molecule has 1 N–H and O–H groups in total. The van der Waals surface area contributed by atoms with Gasteiger partial charge in [0, 0.05) is 58.1 Å². The fourth-order valence-electron chi connectivity index (χ4n) is 3.93. The Labute approximate surface area is 140 Å². The van der Waals surface area contributed by atoms with Crippen molar-refractivity contribution >= 4 is 0 Å². The maximum atomic E-state index is 9.45. The van der Waals surface area contributed by atoms with Gasteiger partial charge in [0.05, 0.1) is 0 Å². The molecule has 4 nitrogen and oxygen atoms in total. The fraction of sp³-hybridized carbons (Fsp3) is 0.684. The number of aliphatic hydroxyl groups is 1. The number of hydrogen-bond acceptors (Lipinski definition) is 4. The number of hydrogen-bond donors (Lipinski definition) is 1. The molecule has 1 aromatic carbocycles. The third-order valence-electron chi connectivity index (χ3n) is 5.34. The average Bonchev–Trinajstić information content (AvgIpc) is 2.62. The van der Waals surface area contributed by atoms with E-state index in [1.165, 1.54) is 5.56 Å². The summed E-state index contributed by atoms with van der Waals surface area (Å²) in [6, 6.07) is 11.9. The number of ether oxygens (including phenoxy) is 1. The molecule has 1 unspecified atom stereocenters. The normalized spacial score (nSPS) is 24.8. The van der Waals surface area contributed by atoms with Gasteiger partial charge in [-0.05, 0) is 31.2 Å². The van der Waals surface area contributed by atoms with E-state index in [-0.39, 0.29) is 6.61 Å². The SMILES string of the molecule is OCCC1CN(C2CCOCC2)CCN1CCc1ccccc1. The molecule has 2 heterocycles. The minimum Gasteiger partial charge on any atom is -0.396 e. The van der Waals surface area contributed by atoms with E-state index in [0.29, 0.717) is 12.1 Å². The Balaban J connectivity index is 1.54. The molecule has 2 aliphatic rings. The second-order valence-corrected chi connectivity index (χ2v) is 6.78. The third kappa shape index (κ3) is 4.77. The number of aliphatic hydroxyl groups excluding tert-OH is 1. The van der Waals surface area contributed by atoms with Gasteiger partial charge in [-0.2, -0.15) is 0 Å². The second kappa shape index (κ2) is 8.78. The van der Waals surface area contributed by atoms with Crippen molar-refractivity contribution in [3.05, 3.63) is 35.9 Å². The molecule has 0 radical (unpaired) electrons. The van der Waals surface area contributed by atoms with Crippen LogP contribution in [-0.4, -0.2) is 73.0 Å². The summed E-state index contributed by atoms with van der Waals surface area (Å²) in [7, 11) is 0. The third-order valence-corrected chi connectivity index (χ3v) is 5.34. The smallest absolute Gasteiger partial charge is 0.0480 e. The maximum Gasteiger partial charge on any atom is 0.0480 e. The zero-order valence-corrected chi connectivity index (χ0v) is 14.1. The van der Waals surface area contributed by atoms with E-state index < -0.39 is 0 Å². The van der Waals surface area contributed by atoms with Crippen molar-refractivity contribution in [3.63, 3.8) is 0 Å². The summed E-state index contributed by atoms with van der Waals surface area (Å²) in [5, 5.41) is 9.45. The largest absolute Gasteiger partial charge is 0.396 e. The summed E-state index contributed by atoms with van der Waals surface area (Å²) < 4.78 is 5.50. The molecule has 23 heavy (non-hydrogen) atoms. The summed E-state index contributed by atoms with van der Waals surface area (Å²) in [4.78, 5) is 5.22. The van der Waals surface area contributed by atoms with Gasteiger partial charge in [-0.1, -0.05) is 30.3 Å². The molecule has 1 atom stereocenters. The van der Waals surface area contributed by atoms with E-state index in [4.69, 9.17) is 4.74 Å². The van der Waals surface area contributed by atoms with Crippen LogP contribution in [0.3, 0.4) is 0 Å². The van der Waals surface area contributed by atoms with Crippen LogP contribution in [0.5, 0.6) is 0 Å². The number of nitrogens with zero attached hydrogens (tertiary/aromatic N) is 2. The lowest BCUT2D eigenvalue weighted by atomic mass is 10.0. The zero-order chi connectivity index (χ0) is 15.9. The molecule has 0 saturated carbocycles. The molecule has 2 fully saturated rings. The van der Waals surface area contributed by atoms with E-state index in [1.54, 1.807) is 0 Å². The highest BCUT2D eigenvalue weighted by Gasteiger charge is 2.30. The maximum absolute atomic E-state index is 9.45. The highest BCUT2D eigenvalue weighted by atomic mass is 16.5. The lowest BCUT2D eigenvalue weighted by molar-refractivity contribution is -0.00896. The van der Waals surface area contributed by atoms with E-state index in [9.17, 15) is 5.11 Å². The van der Waals surface area contributed by atoms with Gasteiger partial charge in [-0.15, -0.1) is 0 Å². The highest BCUT2D eigenvalue weighted by Crippen LogP contribution is 2.21. The van der Waals surface area contributed by atoms with Crippen LogP contribution < -0.4 is 0 Å². The van der Waals surface area contributed by atoms with Crippen molar-refractivity contribution in [1.82, 2.24) is 9.80 Å². The Hall–Kier alpha value is -0.940. The molecule has 0 bridgehead atoms. The van der Waals surface area contributed by atoms with E-state index in [1.807, 2.05) is 0 Å². The first-order chi connectivity index (χ1) is 11.4. The number of piperazine rings is 1. The molecular formula is C19H30N2O2. The minimum atomic E-state index is 0.286. The van der Waals surface area contributed by atoms with E-state index in [2.05, 4.69) is 40.1 Å². The lowest BCUT2D eigenvalue weighted by Gasteiger charge is -2.45. The van der Waals surface area contributed by atoms with Crippen LogP contribution in [0, 0.1) is 0 Å². The summed E-state index contributed by atoms with van der Waals surface area (Å²) in [5.41, 5.74) is 1.40. The fourth-order valence-corrected chi connectivity index (χ4v) is 3.93. The molecule has 128 valence electrons. The molecule has 3 rings (SSSR count). The van der Waals surface area contributed by atoms with Crippen molar-refractivity contribution in [3.8, 4) is 0 Å². The molecule has 0 aromatic heterocycles. The summed E-state index contributed by atoms with van der Waals surface area (Å²) >= 11 is 0. The molecule has 4 heteroatoms. The summed E-state index contributed by atoms with van der Waals surface area (Å²) in [5.74, 6) is 0. The van der Waals surface area contributed by atoms with Gasteiger partial charge < -0.3 is 9.84 Å². The summed E-state index contributed by atoms with van der Waals surface area (Å²) in [6.07, 6.45) is 4.31. The van der Waals surface area contributed by atoms with Crippen LogP contribution in [-0.2, 0) is 11.2 Å². The molecule has 0 spiro atoms. The molecular weight excluding hydrogens is 288 g/mol. The Morgan fingerprint density at radius 3 is 2.61 bits per heavy atom. The van der Waals surface area contributed by atoms with Gasteiger partial charge in [0.1, 0.15) is 0 Å². The topological polar surface area (TPSA) is 35.9 Å². The molecule has 2 aliphatic heterocycles. The highest BCUT2D eigenvalue weighted by molar-refractivity contribution is 5.15. The van der Waals surface area contributed by atoms with Crippen LogP contribution in [0.25, 0.3) is 0 Å². The molecule has 0 amide bonds. The van der Waals surface area contributed by atoms with Crippen LogP contribution in [0.1, 0.15) is 24.8 Å². The van der Waals surface area contributed by atoms with Gasteiger partial charge in [-0.25, -0.2) is 0 Å². The number of benzene rings is 1. The van der Waals surface area contributed by atoms with Gasteiger partial charge >= 0.3 is 0 Å². The van der Waals surface area contributed by atoms with Crippen molar-refractivity contribution < 1.29 is 9.84 Å². The predicted molar refractivity (Wildman–Crippen MR) is 92.6 cm³/mol. The van der Waals surface area contributed by atoms with Crippen LogP contribution >= 0.6 is 0 Å². The molecule has 1 aromatic rings. The Morgan fingerprint density at radius 1 is 1.09 bits per heavy atom. The van der Waals surface area contributed by atoms with E-state index in [0.717, 1.165) is 65.1 Å². The Kier molecular flexibility index (Phi) is 6.46. The first-order valence-corrected chi connectivity index (χ1v) is 9.07. The first-order valence-electron chi connectivity index (χ1n) is 9.07. The molecule has 2 saturated heterocycles. The molecule has 0 aliphatic carbocycles. The predicted octanol–water partition coefficient (Wildman–Crippen LogP) is 1.78. The Morgan fingerprint density at radius 2 is 1.87 bits per heavy atom. The minimum absolute atomic E-state index is 0.286. The lowest BCUT2D eigenvalue weighted by Crippen LogP contribution is -2.57. The van der Waals surface area contributed by atoms with Crippen LogP contribution in [0.15, 0.2) is 30.3 Å². The summed E-state index contributed by atoms with van der Waals surface area (Å²) in [6.45, 7) is 6.56. The zero-order valence-electron chi connectivity index (χ0n) is 14.1. The second-order valence-electron chi connectivity index (χ2n) is 6.78.